The van der Waals surface area contributed by atoms with Crippen molar-refractivity contribution in [3.05, 3.63) is 63.2 Å². The highest BCUT2D eigenvalue weighted by Gasteiger charge is 2.16. The van der Waals surface area contributed by atoms with Crippen LogP contribution in [0.25, 0.3) is 26.3 Å². The average molecular weight is 386 g/mol. The Morgan fingerprint density at radius 2 is 2.00 bits per heavy atom. The van der Waals surface area contributed by atoms with Crippen molar-refractivity contribution in [3.63, 3.8) is 0 Å². The summed E-state index contributed by atoms with van der Waals surface area (Å²) < 4.78 is 7.09. The third-order valence-corrected chi connectivity index (χ3v) is 5.28. The average Bonchev–Trinajstić information content (AvgIpc) is 3.03. The summed E-state index contributed by atoms with van der Waals surface area (Å²) in [5, 5.41) is 1.46. The molecule has 0 aliphatic rings. The molecule has 0 bridgehead atoms. The van der Waals surface area contributed by atoms with Gasteiger partial charge in [0.25, 0.3) is 5.56 Å². The zero-order valence-electron chi connectivity index (χ0n) is 13.8. The molecule has 4 rings (SSSR count). The number of hydrogen-bond donors (Lipinski definition) is 0. The highest BCUT2D eigenvalue weighted by atomic mass is 35.5. The number of ether oxygens (including phenoxy) is 1. The molecule has 0 saturated carbocycles. The van der Waals surface area contributed by atoms with E-state index in [1.165, 1.54) is 29.1 Å². The number of fused-ring (bicyclic) bond motifs is 2. The van der Waals surface area contributed by atoms with Crippen molar-refractivity contribution in [2.45, 2.75) is 6.92 Å². The number of rotatable bonds is 2. The molecular weight excluding hydrogens is 374 g/mol. The normalized spacial score (nSPS) is 11.2. The lowest BCUT2D eigenvalue weighted by Crippen LogP contribution is -2.19. The van der Waals surface area contributed by atoms with E-state index in [-0.39, 0.29) is 11.1 Å². The van der Waals surface area contributed by atoms with Crippen LogP contribution in [0.4, 0.5) is 0 Å². The van der Waals surface area contributed by atoms with Crippen LogP contribution in [0.3, 0.4) is 0 Å². The van der Waals surface area contributed by atoms with Gasteiger partial charge in [-0.25, -0.2) is 9.78 Å². The predicted octanol–water partition coefficient (Wildman–Crippen LogP) is 3.74. The van der Waals surface area contributed by atoms with Gasteiger partial charge in [-0.3, -0.25) is 14.3 Å². The zero-order chi connectivity index (χ0) is 18.4. The number of thiazole rings is 1. The molecule has 26 heavy (non-hydrogen) atoms. The number of aryl methyl sites for hydroxylation is 1. The van der Waals surface area contributed by atoms with Crippen LogP contribution in [-0.4, -0.2) is 27.6 Å². The molecule has 0 fully saturated rings. The summed E-state index contributed by atoms with van der Waals surface area (Å²) in [7, 11) is 1.29. The van der Waals surface area contributed by atoms with Gasteiger partial charge in [0.2, 0.25) is 0 Å². The third-order valence-electron chi connectivity index (χ3n) is 4.02. The summed E-state index contributed by atoms with van der Waals surface area (Å²) in [6.07, 6.45) is 1.63. The fourth-order valence-corrected chi connectivity index (χ4v) is 3.95. The number of pyridine rings is 2. The molecule has 3 aromatic heterocycles. The summed E-state index contributed by atoms with van der Waals surface area (Å²) in [6.45, 7) is 1.70. The number of methoxy groups -OCH3 is 1. The number of carbonyl (C=O) groups excluding carboxylic acids is 1. The summed E-state index contributed by atoms with van der Waals surface area (Å²) in [5.74, 6) is -0.527. The van der Waals surface area contributed by atoms with Gasteiger partial charge < -0.3 is 4.74 Å². The van der Waals surface area contributed by atoms with Crippen molar-refractivity contribution in [1.29, 1.82) is 0 Å². The van der Waals surface area contributed by atoms with Crippen LogP contribution in [0.15, 0.2) is 41.3 Å². The number of benzene rings is 1. The monoisotopic (exact) mass is 385 g/mol. The lowest BCUT2D eigenvalue weighted by molar-refractivity contribution is 0.0599. The molecule has 4 aromatic rings. The van der Waals surface area contributed by atoms with E-state index in [0.29, 0.717) is 26.8 Å². The molecule has 1 aromatic carbocycles. The Bertz CT molecular complexity index is 1250. The molecule has 8 heteroatoms. The molecule has 0 aliphatic carbocycles. The van der Waals surface area contributed by atoms with E-state index in [1.54, 1.807) is 25.3 Å². The van der Waals surface area contributed by atoms with Crippen LogP contribution in [0.2, 0.25) is 5.02 Å². The topological polar surface area (TPSA) is 74.1 Å². The van der Waals surface area contributed by atoms with Crippen molar-refractivity contribution in [1.82, 2.24) is 14.5 Å². The Kier molecular flexibility index (Phi) is 3.97. The van der Waals surface area contributed by atoms with Gasteiger partial charge in [0, 0.05) is 11.2 Å². The minimum Gasteiger partial charge on any atom is -0.465 e. The van der Waals surface area contributed by atoms with Crippen LogP contribution < -0.4 is 5.56 Å². The van der Waals surface area contributed by atoms with Gasteiger partial charge in [0.15, 0.2) is 5.13 Å². The Hall–Kier alpha value is -2.77. The third kappa shape index (κ3) is 2.65. The van der Waals surface area contributed by atoms with Crippen LogP contribution in [0.1, 0.15) is 16.1 Å². The largest absolute Gasteiger partial charge is 0.465 e. The van der Waals surface area contributed by atoms with Crippen LogP contribution in [-0.2, 0) is 4.74 Å². The number of aromatic nitrogens is 3. The summed E-state index contributed by atoms with van der Waals surface area (Å²) in [6, 6.07) is 8.62. The quantitative estimate of drug-likeness (QED) is 0.491. The highest BCUT2D eigenvalue weighted by molar-refractivity contribution is 7.20. The number of esters is 1. The maximum Gasteiger partial charge on any atom is 0.339 e. The fraction of sp³-hybridized carbons (Fsp3) is 0.111. The first-order valence-corrected chi connectivity index (χ1v) is 8.85. The van der Waals surface area contributed by atoms with Gasteiger partial charge in [0.05, 0.1) is 39.5 Å². The Balaban J connectivity index is 1.95. The molecular formula is C18H12ClN3O3S. The van der Waals surface area contributed by atoms with Gasteiger partial charge >= 0.3 is 5.97 Å². The van der Waals surface area contributed by atoms with Crippen LogP contribution in [0.5, 0.6) is 0 Å². The van der Waals surface area contributed by atoms with Crippen molar-refractivity contribution in [2.75, 3.05) is 7.11 Å². The van der Waals surface area contributed by atoms with Crippen molar-refractivity contribution in [2.24, 2.45) is 0 Å². The maximum atomic E-state index is 13.0. The fourth-order valence-electron chi connectivity index (χ4n) is 2.72. The predicted molar refractivity (Wildman–Crippen MR) is 102 cm³/mol. The lowest BCUT2D eigenvalue weighted by atomic mass is 10.1. The molecule has 0 unspecified atom stereocenters. The molecule has 6 nitrogen and oxygen atoms in total. The lowest BCUT2D eigenvalue weighted by Gasteiger charge is -2.07. The van der Waals surface area contributed by atoms with Crippen LogP contribution in [0, 0.1) is 6.92 Å². The smallest absolute Gasteiger partial charge is 0.339 e. The molecule has 0 radical (unpaired) electrons. The second-order valence-electron chi connectivity index (χ2n) is 5.65. The molecule has 0 saturated heterocycles. The molecule has 3 heterocycles. The van der Waals surface area contributed by atoms with Gasteiger partial charge in [-0.1, -0.05) is 22.9 Å². The summed E-state index contributed by atoms with van der Waals surface area (Å²) in [4.78, 5) is 33.7. The van der Waals surface area contributed by atoms with Crippen molar-refractivity contribution < 1.29 is 9.53 Å². The number of hydrogen-bond acceptors (Lipinski definition) is 6. The Morgan fingerprint density at radius 3 is 2.77 bits per heavy atom. The molecule has 130 valence electrons. The zero-order valence-corrected chi connectivity index (χ0v) is 15.4. The standard InChI is InChI=1S/C18H12ClN3O3S/c1-9-11(17(24)25-2)8-12-13(20-9)5-6-22(16(12)23)18-21-14-4-3-10(19)7-15(14)26-18/h3-8H,1-2H3. The number of carbonyl (C=O) groups is 1. The molecule has 0 N–H and O–H groups in total. The van der Waals surface area contributed by atoms with Crippen molar-refractivity contribution >= 4 is 50.0 Å². The minimum absolute atomic E-state index is 0.269. The van der Waals surface area contributed by atoms with E-state index < -0.39 is 5.97 Å². The van der Waals surface area contributed by atoms with E-state index in [9.17, 15) is 9.59 Å². The first kappa shape index (κ1) is 16.7. The number of nitrogens with zero attached hydrogens (tertiary/aromatic N) is 3. The Labute approximate surface area is 156 Å². The minimum atomic E-state index is -0.527. The van der Waals surface area contributed by atoms with E-state index in [0.717, 1.165) is 10.2 Å². The van der Waals surface area contributed by atoms with Gasteiger partial charge in [-0.05, 0) is 37.3 Å². The van der Waals surface area contributed by atoms with Crippen LogP contribution >= 0.6 is 22.9 Å². The van der Waals surface area contributed by atoms with E-state index in [2.05, 4.69) is 9.97 Å². The summed E-state index contributed by atoms with van der Waals surface area (Å²) in [5.41, 5.74) is 1.76. The second kappa shape index (κ2) is 6.19. The SMILES string of the molecule is COC(=O)c1cc2c(=O)n(-c3nc4ccc(Cl)cc4s3)ccc2nc1C. The van der Waals surface area contributed by atoms with E-state index >= 15 is 0 Å². The molecule has 0 spiro atoms. The van der Waals surface area contributed by atoms with Gasteiger partial charge in [0.1, 0.15) is 0 Å². The summed E-state index contributed by atoms with van der Waals surface area (Å²) >= 11 is 7.38. The first-order valence-electron chi connectivity index (χ1n) is 7.66. The Morgan fingerprint density at radius 1 is 1.19 bits per heavy atom. The van der Waals surface area contributed by atoms with Gasteiger partial charge in [-0.2, -0.15) is 0 Å². The van der Waals surface area contributed by atoms with Crippen molar-refractivity contribution in [3.8, 4) is 5.13 Å². The van der Waals surface area contributed by atoms with E-state index in [1.807, 2.05) is 12.1 Å². The number of halogens is 1. The first-order chi connectivity index (χ1) is 12.5. The van der Waals surface area contributed by atoms with E-state index in [4.69, 9.17) is 16.3 Å². The molecule has 0 aliphatic heterocycles. The molecule has 0 atom stereocenters. The second-order valence-corrected chi connectivity index (χ2v) is 7.09. The maximum absolute atomic E-state index is 13.0. The van der Waals surface area contributed by atoms with Gasteiger partial charge in [-0.15, -0.1) is 0 Å². The molecule has 0 amide bonds. The highest BCUT2D eigenvalue weighted by Crippen LogP contribution is 2.27.